The molecular formula is C14H16FNO3. The highest BCUT2D eigenvalue weighted by atomic mass is 19.1. The number of benzene rings is 1. The van der Waals surface area contributed by atoms with Gasteiger partial charge in [-0.3, -0.25) is 9.59 Å². The van der Waals surface area contributed by atoms with E-state index in [0.29, 0.717) is 12.1 Å². The number of nitrogens with zero attached hydrogens (tertiary/aromatic N) is 1. The average molecular weight is 265 g/mol. The molecule has 1 aliphatic heterocycles. The average Bonchev–Trinajstić information content (AvgIpc) is 2.74. The molecule has 1 fully saturated rings. The van der Waals surface area contributed by atoms with Gasteiger partial charge < -0.3 is 10.0 Å². The predicted octanol–water partition coefficient (Wildman–Crippen LogP) is 1.93. The van der Waals surface area contributed by atoms with Crippen LogP contribution in [-0.4, -0.2) is 35.0 Å². The van der Waals surface area contributed by atoms with Crippen LogP contribution >= 0.6 is 0 Å². The molecule has 5 heteroatoms. The number of aryl methyl sites for hydroxylation is 1. The van der Waals surface area contributed by atoms with Gasteiger partial charge in [-0.2, -0.15) is 0 Å². The van der Waals surface area contributed by atoms with Gasteiger partial charge in [-0.1, -0.05) is 19.1 Å². The maximum atomic E-state index is 13.9. The first-order chi connectivity index (χ1) is 8.91. The van der Waals surface area contributed by atoms with Crippen molar-refractivity contribution in [2.24, 2.45) is 11.8 Å². The van der Waals surface area contributed by atoms with Gasteiger partial charge in [0, 0.05) is 13.1 Å². The third kappa shape index (κ3) is 2.45. The number of carboxylic acids is 1. The Labute approximate surface area is 110 Å². The first-order valence-electron chi connectivity index (χ1n) is 6.19. The molecule has 1 N–H and O–H groups in total. The first-order valence-corrected chi connectivity index (χ1v) is 6.19. The number of hydrogen-bond acceptors (Lipinski definition) is 2. The summed E-state index contributed by atoms with van der Waals surface area (Å²) in [5, 5.41) is 9.04. The van der Waals surface area contributed by atoms with Crippen molar-refractivity contribution in [3.8, 4) is 0 Å². The third-order valence-electron chi connectivity index (χ3n) is 3.64. The summed E-state index contributed by atoms with van der Waals surface area (Å²) >= 11 is 0. The van der Waals surface area contributed by atoms with Crippen LogP contribution in [0.4, 0.5) is 4.39 Å². The van der Waals surface area contributed by atoms with Gasteiger partial charge in [0.25, 0.3) is 5.91 Å². The predicted molar refractivity (Wildman–Crippen MR) is 67.3 cm³/mol. The molecule has 1 saturated heterocycles. The quantitative estimate of drug-likeness (QED) is 0.888. The summed E-state index contributed by atoms with van der Waals surface area (Å²) < 4.78 is 13.9. The minimum Gasteiger partial charge on any atom is -0.481 e. The molecule has 1 amide bonds. The lowest BCUT2D eigenvalue weighted by Gasteiger charge is -2.16. The van der Waals surface area contributed by atoms with Gasteiger partial charge in [0.1, 0.15) is 5.82 Å². The lowest BCUT2D eigenvalue weighted by Crippen LogP contribution is -2.30. The Bertz CT molecular complexity index is 529. The van der Waals surface area contributed by atoms with Gasteiger partial charge in [-0.05, 0) is 24.5 Å². The Hall–Kier alpha value is -1.91. The summed E-state index contributed by atoms with van der Waals surface area (Å²) in [7, 11) is 0. The zero-order chi connectivity index (χ0) is 14.2. The molecule has 0 radical (unpaired) electrons. The number of aliphatic carboxylic acids is 1. The molecule has 0 spiro atoms. The van der Waals surface area contributed by atoms with Crippen LogP contribution in [-0.2, 0) is 4.79 Å². The van der Waals surface area contributed by atoms with Gasteiger partial charge in [0.05, 0.1) is 11.5 Å². The molecule has 1 aliphatic rings. The van der Waals surface area contributed by atoms with E-state index in [4.69, 9.17) is 5.11 Å². The summed E-state index contributed by atoms with van der Waals surface area (Å²) in [6.45, 7) is 3.88. The molecular weight excluding hydrogens is 249 g/mol. The number of carbonyl (C=O) groups excluding carboxylic acids is 1. The zero-order valence-electron chi connectivity index (χ0n) is 10.9. The van der Waals surface area contributed by atoms with Crippen LogP contribution in [0.25, 0.3) is 0 Å². The second kappa shape index (κ2) is 4.99. The van der Waals surface area contributed by atoms with Crippen LogP contribution in [0.1, 0.15) is 22.8 Å². The molecule has 0 saturated carbocycles. The summed E-state index contributed by atoms with van der Waals surface area (Å²) in [4.78, 5) is 24.7. The SMILES string of the molecule is Cc1cccc(C(=O)N2CC(C)C(C(=O)O)C2)c1F. The second-order valence-corrected chi connectivity index (χ2v) is 5.07. The summed E-state index contributed by atoms with van der Waals surface area (Å²) in [5.41, 5.74) is 0.422. The van der Waals surface area contributed by atoms with E-state index in [1.165, 1.54) is 11.0 Å². The highest BCUT2D eigenvalue weighted by Crippen LogP contribution is 2.25. The molecule has 2 rings (SSSR count). The maximum Gasteiger partial charge on any atom is 0.308 e. The molecule has 19 heavy (non-hydrogen) atoms. The summed E-state index contributed by atoms with van der Waals surface area (Å²) in [6.07, 6.45) is 0. The van der Waals surface area contributed by atoms with Gasteiger partial charge >= 0.3 is 5.97 Å². The van der Waals surface area contributed by atoms with Gasteiger partial charge in [-0.25, -0.2) is 4.39 Å². The highest BCUT2D eigenvalue weighted by molar-refractivity contribution is 5.95. The Morgan fingerprint density at radius 3 is 2.63 bits per heavy atom. The standard InChI is InChI=1S/C14H16FNO3/c1-8-4-3-5-10(12(8)15)13(17)16-6-9(2)11(7-16)14(18)19/h3-5,9,11H,6-7H2,1-2H3,(H,18,19). The summed E-state index contributed by atoms with van der Waals surface area (Å²) in [5.74, 6) is -2.56. The van der Waals surface area contributed by atoms with Crippen molar-refractivity contribution in [1.82, 2.24) is 4.90 Å². The van der Waals surface area contributed by atoms with Crippen molar-refractivity contribution < 1.29 is 19.1 Å². The number of halogens is 1. The molecule has 4 nitrogen and oxygen atoms in total. The zero-order valence-corrected chi connectivity index (χ0v) is 10.9. The molecule has 1 aromatic carbocycles. The van der Waals surface area contributed by atoms with Gasteiger partial charge in [-0.15, -0.1) is 0 Å². The van der Waals surface area contributed by atoms with E-state index < -0.39 is 23.6 Å². The van der Waals surface area contributed by atoms with E-state index in [2.05, 4.69) is 0 Å². The number of rotatable bonds is 2. The van der Waals surface area contributed by atoms with Crippen LogP contribution in [0.5, 0.6) is 0 Å². The highest BCUT2D eigenvalue weighted by Gasteiger charge is 2.37. The second-order valence-electron chi connectivity index (χ2n) is 5.07. The van der Waals surface area contributed by atoms with E-state index in [-0.39, 0.29) is 18.0 Å². The largest absolute Gasteiger partial charge is 0.481 e. The van der Waals surface area contributed by atoms with E-state index >= 15 is 0 Å². The van der Waals surface area contributed by atoms with E-state index in [1.807, 2.05) is 0 Å². The molecule has 0 aliphatic carbocycles. The fourth-order valence-electron chi connectivity index (χ4n) is 2.44. The Morgan fingerprint density at radius 1 is 1.37 bits per heavy atom. The minimum atomic E-state index is -0.910. The van der Waals surface area contributed by atoms with Crippen molar-refractivity contribution in [3.63, 3.8) is 0 Å². The van der Waals surface area contributed by atoms with Crippen molar-refractivity contribution in [3.05, 3.63) is 35.1 Å². The molecule has 1 heterocycles. The fourth-order valence-corrected chi connectivity index (χ4v) is 2.44. The minimum absolute atomic E-state index is 0.0123. The van der Waals surface area contributed by atoms with Crippen LogP contribution < -0.4 is 0 Å². The molecule has 0 aromatic heterocycles. The third-order valence-corrected chi connectivity index (χ3v) is 3.64. The number of hydrogen-bond donors (Lipinski definition) is 1. The van der Waals surface area contributed by atoms with Crippen molar-refractivity contribution in [2.75, 3.05) is 13.1 Å². The Kier molecular flexibility index (Phi) is 3.55. The number of likely N-dealkylation sites (tertiary alicyclic amines) is 1. The van der Waals surface area contributed by atoms with Gasteiger partial charge in [0.15, 0.2) is 0 Å². The molecule has 2 atom stereocenters. The summed E-state index contributed by atoms with van der Waals surface area (Å²) in [6, 6.07) is 4.65. The Morgan fingerprint density at radius 2 is 2.05 bits per heavy atom. The topological polar surface area (TPSA) is 57.6 Å². The number of carbonyl (C=O) groups is 2. The van der Waals surface area contributed by atoms with Crippen molar-refractivity contribution >= 4 is 11.9 Å². The number of amides is 1. The normalized spacial score (nSPS) is 22.6. The lowest BCUT2D eigenvalue weighted by molar-refractivity contribution is -0.142. The molecule has 0 bridgehead atoms. The molecule has 2 unspecified atom stereocenters. The van der Waals surface area contributed by atoms with E-state index in [1.54, 1.807) is 26.0 Å². The Balaban J connectivity index is 2.22. The maximum absolute atomic E-state index is 13.9. The monoisotopic (exact) mass is 265 g/mol. The van der Waals surface area contributed by atoms with Crippen LogP contribution in [0.2, 0.25) is 0 Å². The van der Waals surface area contributed by atoms with Gasteiger partial charge in [0.2, 0.25) is 0 Å². The molecule has 1 aromatic rings. The van der Waals surface area contributed by atoms with E-state index in [9.17, 15) is 14.0 Å². The van der Waals surface area contributed by atoms with Crippen LogP contribution in [0.15, 0.2) is 18.2 Å². The van der Waals surface area contributed by atoms with E-state index in [0.717, 1.165) is 0 Å². The number of carboxylic acid groups (broad SMARTS) is 1. The lowest BCUT2D eigenvalue weighted by atomic mass is 9.99. The fraction of sp³-hybridized carbons (Fsp3) is 0.429. The molecule has 102 valence electrons. The van der Waals surface area contributed by atoms with Crippen molar-refractivity contribution in [2.45, 2.75) is 13.8 Å². The van der Waals surface area contributed by atoms with Crippen LogP contribution in [0.3, 0.4) is 0 Å². The van der Waals surface area contributed by atoms with Crippen molar-refractivity contribution in [1.29, 1.82) is 0 Å². The smallest absolute Gasteiger partial charge is 0.308 e. The van der Waals surface area contributed by atoms with Crippen LogP contribution in [0, 0.1) is 24.6 Å². The first kappa shape index (κ1) is 13.5.